The monoisotopic (exact) mass is 230 g/mol. The molecule has 0 bridgehead atoms. The molecule has 2 aromatic rings. The number of aryl methyl sites for hydroxylation is 1. The molecule has 0 spiro atoms. The normalized spacial score (nSPS) is 15.1. The molecule has 17 heavy (non-hydrogen) atoms. The predicted molar refractivity (Wildman–Crippen MR) is 62.8 cm³/mol. The average molecular weight is 230 g/mol. The quantitative estimate of drug-likeness (QED) is 0.794. The summed E-state index contributed by atoms with van der Waals surface area (Å²) in [5.74, 6) is 0.799. The number of aromatic nitrogens is 4. The summed E-state index contributed by atoms with van der Waals surface area (Å²) in [5, 5.41) is 4.29. The first kappa shape index (κ1) is 10.3. The second-order valence-electron chi connectivity index (χ2n) is 4.41. The Hall–Kier alpha value is -1.91. The second-order valence-corrected chi connectivity index (χ2v) is 4.41. The van der Waals surface area contributed by atoms with Gasteiger partial charge < -0.3 is 0 Å². The molecule has 0 aromatic carbocycles. The van der Waals surface area contributed by atoms with Gasteiger partial charge in [0.2, 0.25) is 0 Å². The molecule has 0 unspecified atom stereocenters. The number of hydrogen-bond acceptors (Lipinski definition) is 3. The Bertz CT molecular complexity index is 580. The molecule has 0 saturated heterocycles. The van der Waals surface area contributed by atoms with E-state index < -0.39 is 0 Å². The SMILES string of the molecule is Cc1nn(Cc2ccccn2)c(=O)n1C1CC1. The van der Waals surface area contributed by atoms with E-state index in [2.05, 4.69) is 10.1 Å². The van der Waals surface area contributed by atoms with Crippen molar-refractivity contribution >= 4 is 0 Å². The molecule has 1 aliphatic carbocycles. The van der Waals surface area contributed by atoms with Crippen LogP contribution in [0.1, 0.15) is 30.4 Å². The lowest BCUT2D eigenvalue weighted by atomic mass is 10.3. The maximum Gasteiger partial charge on any atom is 0.346 e. The van der Waals surface area contributed by atoms with Crippen LogP contribution in [0.15, 0.2) is 29.2 Å². The summed E-state index contributed by atoms with van der Waals surface area (Å²) >= 11 is 0. The van der Waals surface area contributed by atoms with Crippen molar-refractivity contribution in [1.82, 2.24) is 19.3 Å². The van der Waals surface area contributed by atoms with Crippen LogP contribution < -0.4 is 5.69 Å². The summed E-state index contributed by atoms with van der Waals surface area (Å²) in [4.78, 5) is 16.3. The zero-order valence-corrected chi connectivity index (χ0v) is 9.71. The molecule has 88 valence electrons. The van der Waals surface area contributed by atoms with Crippen molar-refractivity contribution in [2.45, 2.75) is 32.4 Å². The van der Waals surface area contributed by atoms with Gasteiger partial charge in [0.25, 0.3) is 0 Å². The van der Waals surface area contributed by atoms with Gasteiger partial charge in [-0.25, -0.2) is 9.48 Å². The third kappa shape index (κ3) is 1.88. The van der Waals surface area contributed by atoms with Gasteiger partial charge in [-0.2, -0.15) is 5.10 Å². The number of pyridine rings is 1. The lowest BCUT2D eigenvalue weighted by Gasteiger charge is -1.98. The Balaban J connectivity index is 1.94. The molecule has 3 rings (SSSR count). The van der Waals surface area contributed by atoms with Crippen molar-refractivity contribution in [2.24, 2.45) is 0 Å². The summed E-state index contributed by atoms with van der Waals surface area (Å²) in [6.45, 7) is 2.33. The summed E-state index contributed by atoms with van der Waals surface area (Å²) in [5.41, 5.74) is 0.839. The highest BCUT2D eigenvalue weighted by atomic mass is 16.2. The van der Waals surface area contributed by atoms with E-state index >= 15 is 0 Å². The minimum Gasteiger partial charge on any atom is -0.276 e. The van der Waals surface area contributed by atoms with Gasteiger partial charge in [0.05, 0.1) is 12.2 Å². The summed E-state index contributed by atoms with van der Waals surface area (Å²) in [7, 11) is 0. The van der Waals surface area contributed by atoms with E-state index in [9.17, 15) is 4.79 Å². The van der Waals surface area contributed by atoms with Gasteiger partial charge in [-0.05, 0) is 31.9 Å². The third-order valence-electron chi connectivity index (χ3n) is 2.99. The van der Waals surface area contributed by atoms with Gasteiger partial charge in [0.15, 0.2) is 0 Å². The minimum absolute atomic E-state index is 0.0179. The summed E-state index contributed by atoms with van der Waals surface area (Å²) < 4.78 is 3.29. The van der Waals surface area contributed by atoms with E-state index in [1.165, 1.54) is 4.68 Å². The van der Waals surface area contributed by atoms with E-state index in [0.717, 1.165) is 24.4 Å². The van der Waals surface area contributed by atoms with Crippen LogP contribution in [0.25, 0.3) is 0 Å². The minimum atomic E-state index is -0.0179. The van der Waals surface area contributed by atoms with Crippen LogP contribution in [0.4, 0.5) is 0 Å². The van der Waals surface area contributed by atoms with Gasteiger partial charge in [0, 0.05) is 12.2 Å². The lowest BCUT2D eigenvalue weighted by Crippen LogP contribution is -2.25. The molecular weight excluding hydrogens is 216 g/mol. The molecule has 1 aliphatic rings. The fraction of sp³-hybridized carbons (Fsp3) is 0.417. The smallest absolute Gasteiger partial charge is 0.276 e. The molecule has 0 aliphatic heterocycles. The van der Waals surface area contributed by atoms with Gasteiger partial charge in [-0.1, -0.05) is 6.07 Å². The van der Waals surface area contributed by atoms with Crippen LogP contribution in [0.3, 0.4) is 0 Å². The Morgan fingerprint density at radius 2 is 2.24 bits per heavy atom. The third-order valence-corrected chi connectivity index (χ3v) is 2.99. The zero-order valence-electron chi connectivity index (χ0n) is 9.71. The highest BCUT2D eigenvalue weighted by Gasteiger charge is 2.28. The van der Waals surface area contributed by atoms with Crippen molar-refractivity contribution in [1.29, 1.82) is 0 Å². The van der Waals surface area contributed by atoms with Crippen molar-refractivity contribution < 1.29 is 0 Å². The van der Waals surface area contributed by atoms with Crippen LogP contribution in [-0.2, 0) is 6.54 Å². The summed E-state index contributed by atoms with van der Waals surface area (Å²) in [6.07, 6.45) is 3.91. The van der Waals surface area contributed by atoms with Gasteiger partial charge in [-0.3, -0.25) is 9.55 Å². The van der Waals surface area contributed by atoms with Crippen molar-refractivity contribution in [3.05, 3.63) is 46.4 Å². The van der Waals surface area contributed by atoms with Gasteiger partial charge >= 0.3 is 5.69 Å². The fourth-order valence-electron chi connectivity index (χ4n) is 2.03. The summed E-state index contributed by atoms with van der Waals surface area (Å²) in [6, 6.07) is 6.05. The predicted octanol–water partition coefficient (Wildman–Crippen LogP) is 1.13. The standard InChI is InChI=1S/C12H14N4O/c1-9-14-15(8-10-4-2-3-7-13-10)12(17)16(9)11-5-6-11/h2-4,7,11H,5-6,8H2,1H3. The van der Waals surface area contributed by atoms with Crippen LogP contribution in [0.5, 0.6) is 0 Å². The number of rotatable bonds is 3. The molecule has 1 fully saturated rings. The van der Waals surface area contributed by atoms with Crippen molar-refractivity contribution in [2.75, 3.05) is 0 Å². The van der Waals surface area contributed by atoms with Gasteiger partial charge in [0.1, 0.15) is 5.82 Å². The van der Waals surface area contributed by atoms with E-state index in [1.54, 1.807) is 10.8 Å². The van der Waals surface area contributed by atoms with Gasteiger partial charge in [-0.15, -0.1) is 0 Å². The van der Waals surface area contributed by atoms with Crippen LogP contribution in [0, 0.1) is 6.92 Å². The highest BCUT2D eigenvalue weighted by molar-refractivity contribution is 5.04. The van der Waals surface area contributed by atoms with E-state index in [-0.39, 0.29) is 5.69 Å². The van der Waals surface area contributed by atoms with Crippen molar-refractivity contribution in [3.63, 3.8) is 0 Å². The molecule has 0 amide bonds. The fourth-order valence-corrected chi connectivity index (χ4v) is 2.03. The number of hydrogen-bond donors (Lipinski definition) is 0. The molecule has 5 heteroatoms. The van der Waals surface area contributed by atoms with E-state index in [4.69, 9.17) is 0 Å². The maximum atomic E-state index is 12.1. The molecule has 2 aromatic heterocycles. The first-order valence-electron chi connectivity index (χ1n) is 5.81. The molecule has 0 radical (unpaired) electrons. The lowest BCUT2D eigenvalue weighted by molar-refractivity contribution is 0.617. The molecular formula is C12H14N4O. The van der Waals surface area contributed by atoms with Crippen LogP contribution in [-0.4, -0.2) is 19.3 Å². The van der Waals surface area contributed by atoms with Crippen LogP contribution in [0.2, 0.25) is 0 Å². The maximum absolute atomic E-state index is 12.1. The van der Waals surface area contributed by atoms with Crippen molar-refractivity contribution in [3.8, 4) is 0 Å². The molecule has 0 N–H and O–H groups in total. The topological polar surface area (TPSA) is 52.7 Å². The zero-order chi connectivity index (χ0) is 11.8. The Labute approximate surface area is 98.7 Å². The Morgan fingerprint density at radius 1 is 1.41 bits per heavy atom. The van der Waals surface area contributed by atoms with Crippen LogP contribution >= 0.6 is 0 Å². The Kier molecular flexibility index (Phi) is 2.31. The average Bonchev–Trinajstić information content (AvgIpc) is 3.10. The van der Waals surface area contributed by atoms with E-state index in [1.807, 2.05) is 25.1 Å². The first-order chi connectivity index (χ1) is 8.25. The largest absolute Gasteiger partial charge is 0.346 e. The molecule has 5 nitrogen and oxygen atoms in total. The van der Waals surface area contributed by atoms with E-state index in [0.29, 0.717) is 12.6 Å². The molecule has 2 heterocycles. The molecule has 1 saturated carbocycles. The highest BCUT2D eigenvalue weighted by Crippen LogP contribution is 2.33. The first-order valence-corrected chi connectivity index (χ1v) is 5.81. The number of nitrogens with zero attached hydrogens (tertiary/aromatic N) is 4. The Morgan fingerprint density at radius 3 is 2.88 bits per heavy atom. The molecule has 0 atom stereocenters. The second kappa shape index (κ2) is 3.84.